The highest BCUT2D eigenvalue weighted by atomic mass is 32.1. The van der Waals surface area contributed by atoms with Crippen molar-refractivity contribution in [3.8, 4) is 0 Å². The van der Waals surface area contributed by atoms with Gasteiger partial charge in [-0.25, -0.2) is 4.79 Å². The Labute approximate surface area is 166 Å². The van der Waals surface area contributed by atoms with Crippen molar-refractivity contribution in [3.05, 3.63) is 67.5 Å². The molecular weight excluding hydrogens is 374 g/mol. The number of thiophene rings is 1. The number of para-hydroxylation sites is 1. The lowest BCUT2D eigenvalue weighted by atomic mass is 10.2. The van der Waals surface area contributed by atoms with E-state index in [-0.39, 0.29) is 24.1 Å². The molecule has 2 aromatic heterocycles. The van der Waals surface area contributed by atoms with E-state index < -0.39 is 5.69 Å². The molecule has 28 heavy (non-hydrogen) atoms. The largest absolute Gasteiger partial charge is 0.352 e. The van der Waals surface area contributed by atoms with E-state index in [4.69, 9.17) is 0 Å². The van der Waals surface area contributed by atoms with Gasteiger partial charge in [-0.15, -0.1) is 11.3 Å². The number of hydrogen-bond acceptors (Lipinski definition) is 4. The highest BCUT2D eigenvalue weighted by molar-refractivity contribution is 7.09. The SMILES string of the molecule is O=C(Cn1c(=O)n(CCc2cccs2)c(=O)c2ccccc21)NC1CCCC1. The maximum absolute atomic E-state index is 13.1. The van der Waals surface area contributed by atoms with Crippen LogP contribution in [0.3, 0.4) is 0 Å². The molecule has 1 N–H and O–H groups in total. The van der Waals surface area contributed by atoms with Gasteiger partial charge in [0.2, 0.25) is 5.91 Å². The van der Waals surface area contributed by atoms with Crippen molar-refractivity contribution in [3.63, 3.8) is 0 Å². The van der Waals surface area contributed by atoms with E-state index in [2.05, 4.69) is 5.32 Å². The van der Waals surface area contributed by atoms with E-state index >= 15 is 0 Å². The summed E-state index contributed by atoms with van der Waals surface area (Å²) in [6.45, 7) is 0.225. The maximum Gasteiger partial charge on any atom is 0.331 e. The van der Waals surface area contributed by atoms with Crippen LogP contribution in [0.2, 0.25) is 0 Å². The van der Waals surface area contributed by atoms with Crippen LogP contribution in [0.15, 0.2) is 51.4 Å². The maximum atomic E-state index is 13.1. The first-order valence-electron chi connectivity index (χ1n) is 9.67. The topological polar surface area (TPSA) is 73.1 Å². The molecule has 1 saturated carbocycles. The molecule has 0 radical (unpaired) electrons. The predicted octanol–water partition coefficient (Wildman–Crippen LogP) is 2.53. The van der Waals surface area contributed by atoms with Crippen molar-refractivity contribution in [1.29, 1.82) is 0 Å². The first kappa shape index (κ1) is 18.7. The third kappa shape index (κ3) is 3.80. The van der Waals surface area contributed by atoms with Crippen molar-refractivity contribution in [2.24, 2.45) is 0 Å². The highest BCUT2D eigenvalue weighted by Crippen LogP contribution is 2.17. The quantitative estimate of drug-likeness (QED) is 0.695. The average Bonchev–Trinajstić information content (AvgIpc) is 3.39. The Morgan fingerprint density at radius 1 is 1.07 bits per heavy atom. The van der Waals surface area contributed by atoms with Crippen molar-refractivity contribution >= 4 is 28.1 Å². The van der Waals surface area contributed by atoms with Gasteiger partial charge in [0, 0.05) is 17.5 Å². The molecule has 0 aliphatic heterocycles. The Hall–Kier alpha value is -2.67. The van der Waals surface area contributed by atoms with Gasteiger partial charge in [-0.3, -0.25) is 18.7 Å². The molecule has 146 valence electrons. The van der Waals surface area contributed by atoms with Gasteiger partial charge in [0.15, 0.2) is 0 Å². The molecule has 0 unspecified atom stereocenters. The molecule has 1 aliphatic carbocycles. The number of aryl methyl sites for hydroxylation is 1. The first-order valence-corrected chi connectivity index (χ1v) is 10.6. The van der Waals surface area contributed by atoms with E-state index in [0.29, 0.717) is 23.9 Å². The van der Waals surface area contributed by atoms with Gasteiger partial charge in [-0.1, -0.05) is 31.0 Å². The second kappa shape index (κ2) is 8.14. The highest BCUT2D eigenvalue weighted by Gasteiger charge is 2.19. The lowest BCUT2D eigenvalue weighted by Crippen LogP contribution is -2.44. The third-order valence-electron chi connectivity index (χ3n) is 5.32. The number of rotatable bonds is 6. The Morgan fingerprint density at radius 2 is 1.86 bits per heavy atom. The molecule has 0 atom stereocenters. The summed E-state index contributed by atoms with van der Waals surface area (Å²) in [4.78, 5) is 39.6. The number of hydrogen-bond donors (Lipinski definition) is 1. The summed E-state index contributed by atoms with van der Waals surface area (Å²) < 4.78 is 2.68. The molecular formula is C21H23N3O3S. The molecule has 3 aromatic rings. The molecule has 6 nitrogen and oxygen atoms in total. The molecule has 2 heterocycles. The lowest BCUT2D eigenvalue weighted by Gasteiger charge is -2.16. The van der Waals surface area contributed by atoms with Gasteiger partial charge in [0.05, 0.1) is 10.9 Å². The van der Waals surface area contributed by atoms with Crippen molar-refractivity contribution < 1.29 is 4.79 Å². The number of nitrogens with zero attached hydrogens (tertiary/aromatic N) is 2. The smallest absolute Gasteiger partial charge is 0.331 e. The van der Waals surface area contributed by atoms with Gasteiger partial charge in [0.1, 0.15) is 6.54 Å². The van der Waals surface area contributed by atoms with Crippen LogP contribution in [0, 0.1) is 0 Å². The number of aromatic nitrogens is 2. The number of nitrogens with one attached hydrogen (secondary N) is 1. The second-order valence-corrected chi connectivity index (χ2v) is 8.25. The fourth-order valence-electron chi connectivity index (χ4n) is 3.88. The molecule has 4 rings (SSSR count). The van der Waals surface area contributed by atoms with Gasteiger partial charge >= 0.3 is 5.69 Å². The van der Waals surface area contributed by atoms with Crippen LogP contribution in [0.5, 0.6) is 0 Å². The number of fused-ring (bicyclic) bond motifs is 1. The zero-order valence-corrected chi connectivity index (χ0v) is 16.4. The zero-order chi connectivity index (χ0) is 19.5. The summed E-state index contributed by atoms with van der Waals surface area (Å²) in [5, 5.41) is 5.46. The minimum Gasteiger partial charge on any atom is -0.352 e. The van der Waals surface area contributed by atoms with Crippen LogP contribution in [0.25, 0.3) is 10.9 Å². The summed E-state index contributed by atoms with van der Waals surface area (Å²) in [5.41, 5.74) is -0.224. The fraction of sp³-hybridized carbons (Fsp3) is 0.381. The van der Waals surface area contributed by atoms with Gasteiger partial charge in [-0.2, -0.15) is 0 Å². The Kier molecular flexibility index (Phi) is 5.43. The van der Waals surface area contributed by atoms with Crippen LogP contribution in [-0.2, 0) is 24.3 Å². The first-order chi connectivity index (χ1) is 13.6. The summed E-state index contributed by atoms with van der Waals surface area (Å²) in [6, 6.07) is 11.1. The van der Waals surface area contributed by atoms with Crippen molar-refractivity contribution in [1.82, 2.24) is 14.5 Å². The van der Waals surface area contributed by atoms with Gasteiger partial charge in [0.25, 0.3) is 5.56 Å². The van der Waals surface area contributed by atoms with E-state index in [0.717, 1.165) is 30.6 Å². The predicted molar refractivity (Wildman–Crippen MR) is 111 cm³/mol. The minimum atomic E-state index is -0.429. The summed E-state index contributed by atoms with van der Waals surface area (Å²) in [5.74, 6) is -0.178. The third-order valence-corrected chi connectivity index (χ3v) is 6.25. The zero-order valence-electron chi connectivity index (χ0n) is 15.6. The summed E-state index contributed by atoms with van der Waals surface area (Å²) in [7, 11) is 0. The van der Waals surface area contributed by atoms with Crippen LogP contribution < -0.4 is 16.6 Å². The molecule has 7 heteroatoms. The molecule has 1 amide bonds. The lowest BCUT2D eigenvalue weighted by molar-refractivity contribution is -0.122. The second-order valence-electron chi connectivity index (χ2n) is 7.22. The van der Waals surface area contributed by atoms with Gasteiger partial charge < -0.3 is 5.32 Å². The number of carbonyl (C=O) groups excluding carboxylic acids is 1. The Balaban J connectivity index is 1.68. The number of benzene rings is 1. The molecule has 0 bridgehead atoms. The van der Waals surface area contributed by atoms with Crippen LogP contribution >= 0.6 is 11.3 Å². The Bertz CT molecular complexity index is 1090. The van der Waals surface area contributed by atoms with E-state index in [9.17, 15) is 14.4 Å². The van der Waals surface area contributed by atoms with E-state index in [1.165, 1.54) is 9.13 Å². The van der Waals surface area contributed by atoms with Crippen LogP contribution in [0.4, 0.5) is 0 Å². The molecule has 1 aromatic carbocycles. The molecule has 0 saturated heterocycles. The minimum absolute atomic E-state index is 0.0743. The molecule has 1 fully saturated rings. The van der Waals surface area contributed by atoms with E-state index in [1.54, 1.807) is 35.6 Å². The number of carbonyl (C=O) groups is 1. The van der Waals surface area contributed by atoms with Crippen LogP contribution in [-0.4, -0.2) is 21.1 Å². The fourth-order valence-corrected chi connectivity index (χ4v) is 4.58. The van der Waals surface area contributed by atoms with Gasteiger partial charge in [-0.05, 0) is 42.8 Å². The summed E-state index contributed by atoms with van der Waals surface area (Å²) >= 11 is 1.60. The van der Waals surface area contributed by atoms with Crippen molar-refractivity contribution in [2.75, 3.05) is 0 Å². The Morgan fingerprint density at radius 3 is 2.61 bits per heavy atom. The number of amides is 1. The van der Waals surface area contributed by atoms with Crippen LogP contribution in [0.1, 0.15) is 30.6 Å². The molecule has 1 aliphatic rings. The van der Waals surface area contributed by atoms with Crippen molar-refractivity contribution in [2.45, 2.75) is 51.2 Å². The standard InChI is InChI=1S/C21H23N3O3S/c25-19(22-15-6-1-2-7-15)14-24-18-10-4-3-9-17(18)20(26)23(21(24)27)12-11-16-8-5-13-28-16/h3-5,8-10,13,15H,1-2,6-7,11-12,14H2,(H,22,25). The summed E-state index contributed by atoms with van der Waals surface area (Å²) in [6.07, 6.45) is 4.84. The van der Waals surface area contributed by atoms with E-state index in [1.807, 2.05) is 17.5 Å². The average molecular weight is 398 g/mol. The normalized spacial score (nSPS) is 14.6. The molecule has 0 spiro atoms. The monoisotopic (exact) mass is 397 g/mol.